The van der Waals surface area contributed by atoms with Crippen LogP contribution in [0.25, 0.3) is 0 Å². The van der Waals surface area contributed by atoms with Crippen LogP contribution in [-0.4, -0.2) is 40.6 Å². The molecule has 0 amide bonds. The van der Waals surface area contributed by atoms with Crippen molar-refractivity contribution in [1.82, 2.24) is 10.6 Å². The second-order valence-electron chi connectivity index (χ2n) is 9.02. The van der Waals surface area contributed by atoms with Gasteiger partial charge in [-0.05, 0) is 30.6 Å². The number of nitrogens with one attached hydrogen (secondary N) is 2. The molecule has 0 spiro atoms. The first-order chi connectivity index (χ1) is 15.7. The predicted octanol–water partition coefficient (Wildman–Crippen LogP) is 5.90. The minimum Gasteiger partial charge on any atom is -0.394 e. The Hall–Kier alpha value is -1.17. The standard InChI is InChI=1S/C27H48N2O2S/c1-2-3-4-5-6-7-8-9-10-11-12-13-17-20-26(31)25(23-30)29-27(32)28-22-21-24-18-15-14-16-19-24/h14-16,18-19,25-26,30-31H,2-13,17,20-23H2,1H3,(H2,28,29,32). The van der Waals surface area contributed by atoms with E-state index in [9.17, 15) is 10.2 Å². The van der Waals surface area contributed by atoms with E-state index < -0.39 is 12.1 Å². The Morgan fingerprint density at radius 1 is 0.844 bits per heavy atom. The lowest BCUT2D eigenvalue weighted by Crippen LogP contribution is -2.49. The third kappa shape index (κ3) is 15.6. The van der Waals surface area contributed by atoms with E-state index in [2.05, 4.69) is 29.7 Å². The molecular formula is C27H48N2O2S. The van der Waals surface area contributed by atoms with Crippen LogP contribution in [0.3, 0.4) is 0 Å². The van der Waals surface area contributed by atoms with E-state index in [1.54, 1.807) is 0 Å². The van der Waals surface area contributed by atoms with Gasteiger partial charge in [0, 0.05) is 6.54 Å². The molecule has 1 aromatic carbocycles. The number of aliphatic hydroxyl groups excluding tert-OH is 2. The molecule has 0 saturated carbocycles. The molecule has 0 aromatic heterocycles. The second-order valence-corrected chi connectivity index (χ2v) is 9.43. The van der Waals surface area contributed by atoms with Crippen molar-refractivity contribution in [1.29, 1.82) is 0 Å². The quantitative estimate of drug-likeness (QED) is 0.143. The Bertz CT molecular complexity index is 556. The van der Waals surface area contributed by atoms with E-state index in [0.29, 0.717) is 11.5 Å². The molecule has 0 aliphatic carbocycles. The number of unbranched alkanes of at least 4 members (excludes halogenated alkanes) is 12. The van der Waals surface area contributed by atoms with Crippen molar-refractivity contribution in [2.75, 3.05) is 13.2 Å². The van der Waals surface area contributed by atoms with Gasteiger partial charge in [-0.15, -0.1) is 0 Å². The molecule has 1 aromatic rings. The van der Waals surface area contributed by atoms with Crippen molar-refractivity contribution in [3.8, 4) is 0 Å². The highest BCUT2D eigenvalue weighted by atomic mass is 32.1. The van der Waals surface area contributed by atoms with Gasteiger partial charge in [0.05, 0.1) is 18.8 Å². The van der Waals surface area contributed by atoms with Gasteiger partial charge in [0.25, 0.3) is 0 Å². The number of hydrogen-bond acceptors (Lipinski definition) is 3. The lowest BCUT2D eigenvalue weighted by Gasteiger charge is -2.24. The number of hydrogen-bond donors (Lipinski definition) is 4. The average Bonchev–Trinajstić information content (AvgIpc) is 2.81. The van der Waals surface area contributed by atoms with Gasteiger partial charge in [-0.25, -0.2) is 0 Å². The second kappa shape index (κ2) is 20.4. The maximum atomic E-state index is 10.4. The van der Waals surface area contributed by atoms with Gasteiger partial charge in [-0.3, -0.25) is 0 Å². The third-order valence-electron chi connectivity index (χ3n) is 6.12. The first-order valence-corrected chi connectivity index (χ1v) is 13.5. The molecule has 0 aliphatic heterocycles. The van der Waals surface area contributed by atoms with Gasteiger partial charge in [0.15, 0.2) is 5.11 Å². The molecule has 1 rings (SSSR count). The number of aliphatic hydroxyl groups is 2. The van der Waals surface area contributed by atoms with Crippen LogP contribution < -0.4 is 10.6 Å². The van der Waals surface area contributed by atoms with Crippen LogP contribution in [0.5, 0.6) is 0 Å². The highest BCUT2D eigenvalue weighted by molar-refractivity contribution is 7.80. The molecule has 2 atom stereocenters. The van der Waals surface area contributed by atoms with Crippen LogP contribution in [-0.2, 0) is 6.42 Å². The van der Waals surface area contributed by atoms with Crippen LogP contribution in [0.4, 0.5) is 0 Å². The topological polar surface area (TPSA) is 64.5 Å². The normalized spacial score (nSPS) is 13.0. The van der Waals surface area contributed by atoms with Crippen molar-refractivity contribution in [2.24, 2.45) is 0 Å². The molecule has 0 fully saturated rings. The first kappa shape index (κ1) is 28.9. The van der Waals surface area contributed by atoms with Gasteiger partial charge in [0.2, 0.25) is 0 Å². The lowest BCUT2D eigenvalue weighted by molar-refractivity contribution is 0.0900. The zero-order valence-electron chi connectivity index (χ0n) is 20.4. The van der Waals surface area contributed by atoms with E-state index in [-0.39, 0.29) is 6.61 Å². The average molecular weight is 465 g/mol. The minimum atomic E-state index is -0.582. The molecule has 0 bridgehead atoms. The Kier molecular flexibility index (Phi) is 18.4. The van der Waals surface area contributed by atoms with E-state index in [4.69, 9.17) is 12.2 Å². The molecule has 32 heavy (non-hydrogen) atoms. The largest absolute Gasteiger partial charge is 0.394 e. The van der Waals surface area contributed by atoms with E-state index >= 15 is 0 Å². The molecular weight excluding hydrogens is 416 g/mol. The monoisotopic (exact) mass is 464 g/mol. The van der Waals surface area contributed by atoms with Crippen LogP contribution in [0, 0.1) is 0 Å². The molecule has 0 heterocycles. The molecule has 5 heteroatoms. The molecule has 2 unspecified atom stereocenters. The van der Waals surface area contributed by atoms with E-state index in [1.165, 1.54) is 76.2 Å². The molecule has 4 nitrogen and oxygen atoms in total. The van der Waals surface area contributed by atoms with Crippen LogP contribution in [0.1, 0.15) is 102 Å². The summed E-state index contributed by atoms with van der Waals surface area (Å²) in [5.41, 5.74) is 1.25. The molecule has 184 valence electrons. The zero-order chi connectivity index (χ0) is 23.3. The Balaban J connectivity index is 1.99. The van der Waals surface area contributed by atoms with Crippen molar-refractivity contribution in [3.63, 3.8) is 0 Å². The summed E-state index contributed by atoms with van der Waals surface area (Å²) < 4.78 is 0. The van der Waals surface area contributed by atoms with Crippen molar-refractivity contribution in [2.45, 2.75) is 115 Å². The highest BCUT2D eigenvalue weighted by Gasteiger charge is 2.18. The lowest BCUT2D eigenvalue weighted by atomic mass is 10.0. The van der Waals surface area contributed by atoms with Gasteiger partial charge >= 0.3 is 0 Å². The van der Waals surface area contributed by atoms with E-state index in [1.807, 2.05) is 18.2 Å². The summed E-state index contributed by atoms with van der Waals surface area (Å²) in [6.07, 6.45) is 18.1. The first-order valence-electron chi connectivity index (χ1n) is 13.0. The fraction of sp³-hybridized carbons (Fsp3) is 0.741. The summed E-state index contributed by atoms with van der Waals surface area (Å²) in [7, 11) is 0. The summed E-state index contributed by atoms with van der Waals surface area (Å²) >= 11 is 5.33. The number of benzene rings is 1. The van der Waals surface area contributed by atoms with Gasteiger partial charge in [0.1, 0.15) is 0 Å². The van der Waals surface area contributed by atoms with Crippen LogP contribution >= 0.6 is 12.2 Å². The Morgan fingerprint density at radius 3 is 1.91 bits per heavy atom. The summed E-state index contributed by atoms with van der Waals surface area (Å²) in [6.45, 7) is 2.87. The SMILES string of the molecule is CCCCCCCCCCCCCCCC(O)C(CO)NC(=S)NCCc1ccccc1. The van der Waals surface area contributed by atoms with Crippen LogP contribution in [0.15, 0.2) is 30.3 Å². The zero-order valence-corrected chi connectivity index (χ0v) is 21.2. The summed E-state index contributed by atoms with van der Waals surface area (Å²) in [4.78, 5) is 0. The molecule has 0 aliphatic rings. The van der Waals surface area contributed by atoms with Gasteiger partial charge < -0.3 is 20.8 Å². The predicted molar refractivity (Wildman–Crippen MR) is 141 cm³/mol. The fourth-order valence-corrected chi connectivity index (χ4v) is 4.27. The number of thiocarbonyl (C=S) groups is 1. The Morgan fingerprint density at radius 2 is 1.38 bits per heavy atom. The maximum Gasteiger partial charge on any atom is 0.166 e. The fourth-order valence-electron chi connectivity index (χ4n) is 4.02. The Labute approximate surface area is 202 Å². The third-order valence-corrected chi connectivity index (χ3v) is 6.39. The smallest absolute Gasteiger partial charge is 0.166 e. The number of rotatable bonds is 20. The van der Waals surface area contributed by atoms with E-state index in [0.717, 1.165) is 25.8 Å². The maximum absolute atomic E-state index is 10.4. The van der Waals surface area contributed by atoms with Crippen molar-refractivity contribution >= 4 is 17.3 Å². The molecule has 0 saturated heterocycles. The van der Waals surface area contributed by atoms with Crippen molar-refractivity contribution in [3.05, 3.63) is 35.9 Å². The van der Waals surface area contributed by atoms with Crippen LogP contribution in [0.2, 0.25) is 0 Å². The van der Waals surface area contributed by atoms with Crippen molar-refractivity contribution < 1.29 is 10.2 Å². The molecule has 0 radical (unpaired) electrons. The summed E-state index contributed by atoms with van der Waals surface area (Å²) in [5.74, 6) is 0. The molecule has 4 N–H and O–H groups in total. The highest BCUT2D eigenvalue weighted by Crippen LogP contribution is 2.14. The minimum absolute atomic E-state index is 0.125. The summed E-state index contributed by atoms with van der Waals surface area (Å²) in [6, 6.07) is 9.83. The van der Waals surface area contributed by atoms with Gasteiger partial charge in [-0.2, -0.15) is 0 Å². The van der Waals surface area contributed by atoms with Gasteiger partial charge in [-0.1, -0.05) is 121 Å². The summed E-state index contributed by atoms with van der Waals surface area (Å²) in [5, 5.41) is 26.8.